The highest BCUT2D eigenvalue weighted by Gasteiger charge is 2.29. The maximum Gasteiger partial charge on any atom is 0.319 e. The van der Waals surface area contributed by atoms with Gasteiger partial charge in [0.1, 0.15) is 5.82 Å². The van der Waals surface area contributed by atoms with Crippen LogP contribution >= 0.6 is 0 Å². The number of nitrogens with one attached hydrogen (secondary N) is 2. The van der Waals surface area contributed by atoms with Crippen LogP contribution in [0, 0.1) is 0 Å². The average Bonchev–Trinajstić information content (AvgIpc) is 3.36. The molecule has 2 aromatic heterocycles. The lowest BCUT2D eigenvalue weighted by molar-refractivity contribution is 0.0983. The first kappa shape index (κ1) is 25.2. The van der Waals surface area contributed by atoms with Gasteiger partial charge in [-0.15, -0.1) is 0 Å². The zero-order valence-corrected chi connectivity index (χ0v) is 21.9. The Morgan fingerprint density at radius 2 is 1.97 bits per heavy atom. The number of nitrogens with zero attached hydrogens (tertiary/aromatic N) is 6. The summed E-state index contributed by atoms with van der Waals surface area (Å²) in [6.07, 6.45) is 2.78. The minimum atomic E-state index is -0.214. The first-order valence-corrected chi connectivity index (χ1v) is 13.2. The van der Waals surface area contributed by atoms with E-state index in [1.54, 1.807) is 0 Å². The lowest BCUT2D eigenvalue weighted by atomic mass is 10.0. The Bertz CT molecular complexity index is 1230. The van der Waals surface area contributed by atoms with Gasteiger partial charge in [-0.05, 0) is 57.5 Å². The van der Waals surface area contributed by atoms with Crippen molar-refractivity contribution < 1.29 is 9.53 Å². The highest BCUT2D eigenvalue weighted by Crippen LogP contribution is 2.32. The molecule has 1 saturated heterocycles. The zero-order chi connectivity index (χ0) is 25.8. The minimum Gasteiger partial charge on any atom is -0.377 e. The quantitative estimate of drug-likeness (QED) is 0.509. The predicted molar refractivity (Wildman–Crippen MR) is 144 cm³/mol. The molecule has 4 heterocycles. The van der Waals surface area contributed by atoms with Crippen LogP contribution in [0.1, 0.15) is 37.7 Å². The molecule has 196 valence electrons. The SMILES string of the molecule is CCNC(=O)Nc1ccc(-c2nc3c(c(N4CCOCC4C)n2)CCN(Cc2ccnn2CC)C3)cc1. The lowest BCUT2D eigenvalue weighted by Gasteiger charge is -2.37. The van der Waals surface area contributed by atoms with Crippen molar-refractivity contribution in [1.82, 2.24) is 30.0 Å². The molecule has 0 aliphatic carbocycles. The van der Waals surface area contributed by atoms with E-state index in [0.29, 0.717) is 25.6 Å². The molecular weight excluding hydrogens is 468 g/mol. The molecule has 10 heteroatoms. The van der Waals surface area contributed by atoms with Gasteiger partial charge in [0, 0.05) is 62.3 Å². The molecule has 0 saturated carbocycles. The Labute approximate surface area is 218 Å². The molecule has 1 unspecified atom stereocenters. The third-order valence-electron chi connectivity index (χ3n) is 6.99. The van der Waals surface area contributed by atoms with Crippen molar-refractivity contribution in [3.63, 3.8) is 0 Å². The highest BCUT2D eigenvalue weighted by atomic mass is 16.5. The molecule has 0 spiro atoms. The number of urea groups is 1. The molecule has 0 bridgehead atoms. The molecule has 1 fully saturated rings. The fourth-order valence-corrected chi connectivity index (χ4v) is 5.05. The van der Waals surface area contributed by atoms with Crippen molar-refractivity contribution in [1.29, 1.82) is 0 Å². The first-order chi connectivity index (χ1) is 18.1. The second-order valence-corrected chi connectivity index (χ2v) is 9.57. The molecule has 37 heavy (non-hydrogen) atoms. The maximum atomic E-state index is 11.9. The number of carbonyl (C=O) groups is 1. The topological polar surface area (TPSA) is 100 Å². The van der Waals surface area contributed by atoms with E-state index in [2.05, 4.69) is 50.1 Å². The third kappa shape index (κ3) is 5.60. The highest BCUT2D eigenvalue weighted by molar-refractivity contribution is 5.89. The normalized spacial score (nSPS) is 17.9. The summed E-state index contributed by atoms with van der Waals surface area (Å²) in [7, 11) is 0. The van der Waals surface area contributed by atoms with Gasteiger partial charge < -0.3 is 20.3 Å². The summed E-state index contributed by atoms with van der Waals surface area (Å²) in [6.45, 7) is 12.4. The molecule has 0 radical (unpaired) electrons. The Morgan fingerprint density at radius 3 is 2.73 bits per heavy atom. The van der Waals surface area contributed by atoms with Gasteiger partial charge in [-0.1, -0.05) is 0 Å². The standard InChI is InChI=1S/C27H36N8O2/c1-4-28-27(36)30-21-8-6-20(7-9-21)25-31-24-17-33(16-22-10-12-29-35(22)5-2)13-11-23(24)26(32-25)34-14-15-37-18-19(34)3/h6-10,12,19H,4-5,11,13-18H2,1-3H3,(H2,28,30,36). The van der Waals surface area contributed by atoms with Gasteiger partial charge in [-0.25, -0.2) is 14.8 Å². The molecule has 2 N–H and O–H groups in total. The van der Waals surface area contributed by atoms with Gasteiger partial charge in [-0.2, -0.15) is 5.10 Å². The fourth-order valence-electron chi connectivity index (χ4n) is 5.05. The van der Waals surface area contributed by atoms with E-state index in [0.717, 1.165) is 61.9 Å². The van der Waals surface area contributed by atoms with Crippen molar-refractivity contribution in [2.75, 3.05) is 43.1 Å². The minimum absolute atomic E-state index is 0.214. The van der Waals surface area contributed by atoms with Gasteiger partial charge in [0.2, 0.25) is 0 Å². The number of aromatic nitrogens is 4. The molecule has 1 aromatic carbocycles. The van der Waals surface area contributed by atoms with Crippen molar-refractivity contribution in [2.45, 2.75) is 52.9 Å². The Kier molecular flexibility index (Phi) is 7.66. The molecule has 3 aromatic rings. The molecular formula is C27H36N8O2. The molecule has 10 nitrogen and oxygen atoms in total. The van der Waals surface area contributed by atoms with Gasteiger partial charge in [0.15, 0.2) is 5.82 Å². The summed E-state index contributed by atoms with van der Waals surface area (Å²) < 4.78 is 7.76. The van der Waals surface area contributed by atoms with Crippen molar-refractivity contribution in [3.05, 3.63) is 53.5 Å². The second kappa shape index (κ2) is 11.3. The van der Waals surface area contributed by atoms with Gasteiger partial charge in [0.05, 0.1) is 30.6 Å². The number of hydrogen-bond donors (Lipinski definition) is 2. The number of fused-ring (bicyclic) bond motifs is 1. The van der Waals surface area contributed by atoms with E-state index in [4.69, 9.17) is 14.7 Å². The fraction of sp³-hybridized carbons (Fsp3) is 0.481. The summed E-state index contributed by atoms with van der Waals surface area (Å²) in [5.41, 5.74) is 5.20. The number of rotatable bonds is 7. The van der Waals surface area contributed by atoms with Crippen LogP contribution in [-0.2, 0) is 30.8 Å². The number of morpholine rings is 1. The van der Waals surface area contributed by atoms with Crippen LogP contribution in [-0.4, -0.2) is 69.6 Å². The number of aryl methyl sites for hydroxylation is 1. The van der Waals surface area contributed by atoms with Crippen LogP contribution in [0.2, 0.25) is 0 Å². The van der Waals surface area contributed by atoms with E-state index < -0.39 is 0 Å². The van der Waals surface area contributed by atoms with Crippen LogP contribution in [0.5, 0.6) is 0 Å². The van der Waals surface area contributed by atoms with E-state index >= 15 is 0 Å². The number of benzene rings is 1. The van der Waals surface area contributed by atoms with E-state index in [-0.39, 0.29) is 12.1 Å². The van der Waals surface area contributed by atoms with E-state index in [1.165, 1.54) is 11.3 Å². The summed E-state index contributed by atoms with van der Waals surface area (Å²) in [6, 6.07) is 9.86. The van der Waals surface area contributed by atoms with Crippen molar-refractivity contribution >= 4 is 17.5 Å². The third-order valence-corrected chi connectivity index (χ3v) is 6.99. The Hall–Kier alpha value is -3.50. The number of amides is 2. The first-order valence-electron chi connectivity index (χ1n) is 13.2. The van der Waals surface area contributed by atoms with Crippen molar-refractivity contribution in [2.24, 2.45) is 0 Å². The van der Waals surface area contributed by atoms with Gasteiger partial charge in [0.25, 0.3) is 0 Å². The summed E-state index contributed by atoms with van der Waals surface area (Å²) >= 11 is 0. The molecule has 1 atom stereocenters. The second-order valence-electron chi connectivity index (χ2n) is 9.57. The van der Waals surface area contributed by atoms with Gasteiger partial charge in [-0.3, -0.25) is 9.58 Å². The van der Waals surface area contributed by atoms with E-state index in [9.17, 15) is 4.79 Å². The number of anilines is 2. The van der Waals surface area contributed by atoms with Crippen LogP contribution in [0.4, 0.5) is 16.3 Å². The molecule has 5 rings (SSSR count). The predicted octanol–water partition coefficient (Wildman–Crippen LogP) is 3.28. The van der Waals surface area contributed by atoms with Crippen LogP contribution in [0.3, 0.4) is 0 Å². The maximum absolute atomic E-state index is 11.9. The van der Waals surface area contributed by atoms with Crippen LogP contribution in [0.25, 0.3) is 11.4 Å². The smallest absolute Gasteiger partial charge is 0.319 e. The summed E-state index contributed by atoms with van der Waals surface area (Å²) in [4.78, 5) is 26.9. The number of carbonyl (C=O) groups excluding carboxylic acids is 1. The molecule has 2 aliphatic heterocycles. The summed E-state index contributed by atoms with van der Waals surface area (Å²) in [5.74, 6) is 1.73. The molecule has 2 amide bonds. The number of hydrogen-bond acceptors (Lipinski definition) is 7. The van der Waals surface area contributed by atoms with Crippen molar-refractivity contribution in [3.8, 4) is 11.4 Å². The van der Waals surface area contributed by atoms with Crippen LogP contribution in [0.15, 0.2) is 36.5 Å². The monoisotopic (exact) mass is 504 g/mol. The average molecular weight is 505 g/mol. The largest absolute Gasteiger partial charge is 0.377 e. The molecule has 2 aliphatic rings. The number of ether oxygens (including phenoxy) is 1. The van der Waals surface area contributed by atoms with Gasteiger partial charge >= 0.3 is 6.03 Å². The summed E-state index contributed by atoms with van der Waals surface area (Å²) in [5, 5.41) is 10.0. The Morgan fingerprint density at radius 1 is 1.14 bits per heavy atom. The Balaban J connectivity index is 1.45. The van der Waals surface area contributed by atoms with Crippen LogP contribution < -0.4 is 15.5 Å². The van der Waals surface area contributed by atoms with E-state index in [1.807, 2.05) is 37.4 Å². The lowest BCUT2D eigenvalue weighted by Crippen LogP contribution is -2.45. The zero-order valence-electron chi connectivity index (χ0n) is 21.9.